The summed E-state index contributed by atoms with van der Waals surface area (Å²) in [6, 6.07) is 9.31. The molecule has 0 saturated carbocycles. The van der Waals surface area contributed by atoms with Gasteiger partial charge in [-0.2, -0.15) is 0 Å². The van der Waals surface area contributed by atoms with Gasteiger partial charge in [0.15, 0.2) is 0 Å². The van der Waals surface area contributed by atoms with Gasteiger partial charge in [0.25, 0.3) is 5.91 Å². The molecular formula is C21H22N4O2S. The van der Waals surface area contributed by atoms with Crippen molar-refractivity contribution >= 4 is 17.2 Å². The average molecular weight is 395 g/mol. The predicted molar refractivity (Wildman–Crippen MR) is 109 cm³/mol. The monoisotopic (exact) mass is 394 g/mol. The second-order valence-electron chi connectivity index (χ2n) is 6.83. The number of hydrogen-bond acceptors (Lipinski definition) is 6. The zero-order valence-electron chi connectivity index (χ0n) is 16.0. The Balaban J connectivity index is 1.45. The summed E-state index contributed by atoms with van der Waals surface area (Å²) >= 11 is 1.71. The van der Waals surface area contributed by atoms with Crippen LogP contribution in [0.4, 0.5) is 0 Å². The molecule has 1 fully saturated rings. The summed E-state index contributed by atoms with van der Waals surface area (Å²) in [5, 5.41) is 1.13. The Morgan fingerprint density at radius 3 is 2.71 bits per heavy atom. The van der Waals surface area contributed by atoms with Gasteiger partial charge in [0.05, 0.1) is 33.9 Å². The normalized spacial score (nSPS) is 14.9. The molecule has 0 aliphatic carbocycles. The number of hydrogen-bond donors (Lipinski definition) is 0. The van der Waals surface area contributed by atoms with E-state index in [0.29, 0.717) is 17.2 Å². The van der Waals surface area contributed by atoms with Crippen molar-refractivity contribution in [2.24, 2.45) is 0 Å². The van der Waals surface area contributed by atoms with Crippen molar-refractivity contribution in [2.75, 3.05) is 20.2 Å². The quantitative estimate of drug-likeness (QED) is 0.670. The highest BCUT2D eigenvalue weighted by molar-refractivity contribution is 7.15. The van der Waals surface area contributed by atoms with Gasteiger partial charge in [0, 0.05) is 25.2 Å². The average Bonchev–Trinajstić information content (AvgIpc) is 3.15. The van der Waals surface area contributed by atoms with E-state index in [4.69, 9.17) is 9.72 Å². The largest absolute Gasteiger partial charge is 0.496 e. The minimum atomic E-state index is 0.0351. The molecule has 3 heterocycles. The van der Waals surface area contributed by atoms with Crippen molar-refractivity contribution < 1.29 is 9.53 Å². The summed E-state index contributed by atoms with van der Waals surface area (Å²) in [5.41, 5.74) is 2.55. The van der Waals surface area contributed by atoms with Gasteiger partial charge in [-0.05, 0) is 38.0 Å². The Labute approximate surface area is 168 Å². The molecule has 7 heteroatoms. The van der Waals surface area contributed by atoms with Gasteiger partial charge in [-0.3, -0.25) is 4.79 Å². The molecule has 0 spiro atoms. The topological polar surface area (TPSA) is 68.2 Å². The van der Waals surface area contributed by atoms with Gasteiger partial charge < -0.3 is 9.64 Å². The van der Waals surface area contributed by atoms with Crippen LogP contribution >= 0.6 is 11.3 Å². The second kappa shape index (κ2) is 8.06. The minimum Gasteiger partial charge on any atom is -0.496 e. The lowest BCUT2D eigenvalue weighted by molar-refractivity contribution is 0.0709. The zero-order chi connectivity index (χ0) is 19.5. The fraction of sp³-hybridized carbons (Fsp3) is 0.333. The molecule has 4 rings (SSSR count). The molecule has 28 heavy (non-hydrogen) atoms. The van der Waals surface area contributed by atoms with E-state index in [1.165, 1.54) is 0 Å². The molecule has 1 saturated heterocycles. The molecule has 0 radical (unpaired) electrons. The van der Waals surface area contributed by atoms with E-state index >= 15 is 0 Å². The van der Waals surface area contributed by atoms with E-state index in [2.05, 4.69) is 9.97 Å². The number of methoxy groups -OCH3 is 1. The first-order valence-corrected chi connectivity index (χ1v) is 10.1. The molecule has 1 amide bonds. The highest BCUT2D eigenvalue weighted by Crippen LogP contribution is 2.36. The van der Waals surface area contributed by atoms with E-state index in [9.17, 15) is 4.79 Å². The minimum absolute atomic E-state index is 0.0351. The molecular weight excluding hydrogens is 372 g/mol. The lowest BCUT2D eigenvalue weighted by Gasteiger charge is -2.31. The maximum Gasteiger partial charge on any atom is 0.257 e. The van der Waals surface area contributed by atoms with Crippen LogP contribution in [0.5, 0.6) is 5.75 Å². The Bertz CT molecular complexity index is 966. The van der Waals surface area contributed by atoms with Crippen LogP contribution in [0.3, 0.4) is 0 Å². The van der Waals surface area contributed by atoms with Crippen LogP contribution in [0, 0.1) is 6.92 Å². The smallest absolute Gasteiger partial charge is 0.257 e. The number of aromatic nitrogens is 3. The van der Waals surface area contributed by atoms with Crippen LogP contribution in [0.1, 0.15) is 39.8 Å². The number of nitrogens with zero attached hydrogens (tertiary/aromatic N) is 4. The van der Waals surface area contributed by atoms with Crippen molar-refractivity contribution in [3.63, 3.8) is 0 Å². The summed E-state index contributed by atoms with van der Waals surface area (Å²) in [4.78, 5) is 29.0. The maximum absolute atomic E-state index is 12.9. The third-order valence-electron chi connectivity index (χ3n) is 5.10. The Morgan fingerprint density at radius 1 is 1.21 bits per heavy atom. The lowest BCUT2D eigenvalue weighted by atomic mass is 9.97. The fourth-order valence-corrected chi connectivity index (χ4v) is 4.79. The van der Waals surface area contributed by atoms with Gasteiger partial charge >= 0.3 is 0 Å². The standard InChI is InChI=1S/C21H22N4O2S/c1-14-19(17-7-10-22-13-23-17)28-20(24-14)15-8-11-25(12-9-15)21(26)16-5-3-4-6-18(16)27-2/h3-7,10,13,15H,8-9,11-12H2,1-2H3. The number of carbonyl (C=O) groups is 1. The van der Waals surface area contributed by atoms with Crippen molar-refractivity contribution in [3.05, 3.63) is 59.1 Å². The number of ether oxygens (including phenoxy) is 1. The first-order valence-electron chi connectivity index (χ1n) is 9.33. The molecule has 1 aliphatic rings. The molecule has 1 aromatic carbocycles. The molecule has 144 valence electrons. The molecule has 0 unspecified atom stereocenters. The third-order valence-corrected chi connectivity index (χ3v) is 6.44. The number of aryl methyl sites for hydroxylation is 1. The van der Waals surface area contributed by atoms with E-state index in [1.807, 2.05) is 42.2 Å². The van der Waals surface area contributed by atoms with Crippen LogP contribution in [0.2, 0.25) is 0 Å². The second-order valence-corrected chi connectivity index (χ2v) is 7.86. The predicted octanol–water partition coefficient (Wildman–Crippen LogP) is 3.94. The summed E-state index contributed by atoms with van der Waals surface area (Å²) in [7, 11) is 1.60. The summed E-state index contributed by atoms with van der Waals surface area (Å²) in [5.74, 6) is 1.04. The maximum atomic E-state index is 12.9. The Morgan fingerprint density at radius 2 is 2.00 bits per heavy atom. The Kier molecular flexibility index (Phi) is 5.34. The highest BCUT2D eigenvalue weighted by Gasteiger charge is 2.28. The third kappa shape index (κ3) is 3.62. The van der Waals surface area contributed by atoms with E-state index in [1.54, 1.807) is 31.0 Å². The molecule has 6 nitrogen and oxygen atoms in total. The fourth-order valence-electron chi connectivity index (χ4n) is 3.58. The summed E-state index contributed by atoms with van der Waals surface area (Å²) < 4.78 is 5.34. The molecule has 0 N–H and O–H groups in total. The van der Waals surface area contributed by atoms with Gasteiger partial charge in [-0.15, -0.1) is 11.3 Å². The summed E-state index contributed by atoms with van der Waals surface area (Å²) in [6.45, 7) is 3.48. The van der Waals surface area contributed by atoms with Crippen LogP contribution in [-0.2, 0) is 0 Å². The number of thiazole rings is 1. The highest BCUT2D eigenvalue weighted by atomic mass is 32.1. The number of benzene rings is 1. The molecule has 0 atom stereocenters. The van der Waals surface area contributed by atoms with Crippen LogP contribution in [-0.4, -0.2) is 46.0 Å². The van der Waals surface area contributed by atoms with Crippen molar-refractivity contribution in [1.29, 1.82) is 0 Å². The SMILES string of the molecule is COc1ccccc1C(=O)N1CCC(c2nc(C)c(-c3ccncn3)s2)CC1. The van der Waals surface area contributed by atoms with E-state index in [-0.39, 0.29) is 5.91 Å². The number of amides is 1. The first kappa shape index (κ1) is 18.6. The van der Waals surface area contributed by atoms with Crippen molar-refractivity contribution in [3.8, 4) is 16.3 Å². The number of piperidine rings is 1. The molecule has 3 aromatic rings. The van der Waals surface area contributed by atoms with Crippen molar-refractivity contribution in [1.82, 2.24) is 19.9 Å². The Hall–Kier alpha value is -2.80. The van der Waals surface area contributed by atoms with Crippen LogP contribution in [0.15, 0.2) is 42.9 Å². The van der Waals surface area contributed by atoms with Crippen LogP contribution in [0.25, 0.3) is 10.6 Å². The number of rotatable bonds is 4. The van der Waals surface area contributed by atoms with Gasteiger partial charge in [-0.25, -0.2) is 15.0 Å². The van der Waals surface area contributed by atoms with Crippen LogP contribution < -0.4 is 4.74 Å². The van der Waals surface area contributed by atoms with Gasteiger partial charge in [0.1, 0.15) is 12.1 Å². The van der Waals surface area contributed by atoms with E-state index < -0.39 is 0 Å². The number of carbonyl (C=O) groups excluding carboxylic acids is 1. The number of para-hydroxylation sites is 1. The van der Waals surface area contributed by atoms with Gasteiger partial charge in [-0.1, -0.05) is 12.1 Å². The lowest BCUT2D eigenvalue weighted by Crippen LogP contribution is -2.38. The van der Waals surface area contributed by atoms with Gasteiger partial charge in [0.2, 0.25) is 0 Å². The summed E-state index contributed by atoms with van der Waals surface area (Å²) in [6.07, 6.45) is 5.15. The zero-order valence-corrected chi connectivity index (χ0v) is 16.8. The number of likely N-dealkylation sites (tertiary alicyclic amines) is 1. The molecule has 1 aliphatic heterocycles. The molecule has 2 aromatic heterocycles. The van der Waals surface area contributed by atoms with E-state index in [0.717, 1.165) is 47.2 Å². The molecule has 0 bridgehead atoms. The van der Waals surface area contributed by atoms with Crippen molar-refractivity contribution in [2.45, 2.75) is 25.7 Å². The first-order chi connectivity index (χ1) is 13.7.